The van der Waals surface area contributed by atoms with Gasteiger partial charge in [-0.25, -0.2) is 9.37 Å². The van der Waals surface area contributed by atoms with Crippen LogP contribution in [0.4, 0.5) is 15.9 Å². The van der Waals surface area contributed by atoms with E-state index in [1.807, 2.05) is 30.3 Å². The van der Waals surface area contributed by atoms with Crippen LogP contribution in [0, 0.1) is 5.82 Å². The van der Waals surface area contributed by atoms with Crippen LogP contribution in [0.3, 0.4) is 0 Å². The van der Waals surface area contributed by atoms with Gasteiger partial charge >= 0.3 is 0 Å². The normalized spacial score (nSPS) is 10.3. The molecule has 1 aromatic heterocycles. The first kappa shape index (κ1) is 14.7. The van der Waals surface area contributed by atoms with Crippen molar-refractivity contribution in [2.24, 2.45) is 5.73 Å². The molecule has 2 rings (SSSR count). The number of hydrogen-bond donors (Lipinski definition) is 1. The Hall–Kier alpha value is -1.72. The summed E-state index contributed by atoms with van der Waals surface area (Å²) in [5.41, 5.74) is 6.35. The molecular weight excluding hydrogens is 297 g/mol. The summed E-state index contributed by atoms with van der Waals surface area (Å²) in [7, 11) is 0. The van der Waals surface area contributed by atoms with Crippen molar-refractivity contribution in [2.45, 2.75) is 6.42 Å². The lowest BCUT2D eigenvalue weighted by Crippen LogP contribution is -2.24. The van der Waals surface area contributed by atoms with Gasteiger partial charge in [-0.1, -0.05) is 42.0 Å². The van der Waals surface area contributed by atoms with Crippen LogP contribution in [0.2, 0.25) is 5.02 Å². The number of nitrogens with zero attached hydrogens (tertiary/aromatic N) is 2. The van der Waals surface area contributed by atoms with Crippen molar-refractivity contribution in [3.63, 3.8) is 0 Å². The molecule has 0 aliphatic carbocycles. The van der Waals surface area contributed by atoms with Crippen LogP contribution in [-0.4, -0.2) is 16.5 Å². The molecule has 0 atom stereocenters. The molecule has 0 aliphatic rings. The zero-order valence-electron chi connectivity index (χ0n) is 10.6. The summed E-state index contributed by atoms with van der Waals surface area (Å²) in [6.07, 6.45) is 1.88. The Labute approximate surface area is 127 Å². The second-order valence-electron chi connectivity index (χ2n) is 4.16. The summed E-state index contributed by atoms with van der Waals surface area (Å²) in [5, 5.41) is 0.258. The third-order valence-electron chi connectivity index (χ3n) is 2.69. The summed E-state index contributed by atoms with van der Waals surface area (Å²) < 4.78 is 14.1. The molecule has 0 saturated heterocycles. The predicted molar refractivity (Wildman–Crippen MR) is 84.1 cm³/mol. The number of nitrogens with two attached hydrogens (primary N) is 1. The highest BCUT2D eigenvalue weighted by Gasteiger charge is 2.15. The average molecular weight is 310 g/mol. The minimum atomic E-state index is -0.482. The van der Waals surface area contributed by atoms with E-state index in [-0.39, 0.29) is 10.8 Å². The van der Waals surface area contributed by atoms with Gasteiger partial charge in [0.25, 0.3) is 0 Å². The number of rotatable bonds is 5. The summed E-state index contributed by atoms with van der Waals surface area (Å²) in [6.45, 7) is 0.449. The summed E-state index contributed by atoms with van der Waals surface area (Å²) in [5.74, 6) is -0.277. The Morgan fingerprint density at radius 3 is 2.65 bits per heavy atom. The van der Waals surface area contributed by atoms with Crippen LogP contribution in [-0.2, 0) is 0 Å². The van der Waals surface area contributed by atoms with E-state index >= 15 is 0 Å². The van der Waals surface area contributed by atoms with Crippen LogP contribution in [0.15, 0.2) is 42.6 Å². The Balaban J connectivity index is 2.37. The number of para-hydroxylation sites is 1. The smallest absolute Gasteiger partial charge is 0.169 e. The van der Waals surface area contributed by atoms with Gasteiger partial charge in [0.2, 0.25) is 0 Å². The van der Waals surface area contributed by atoms with E-state index in [0.29, 0.717) is 18.0 Å². The number of hydrogen-bond acceptors (Lipinski definition) is 3. The Kier molecular flexibility index (Phi) is 4.87. The van der Waals surface area contributed by atoms with Crippen LogP contribution in [0.1, 0.15) is 6.42 Å². The highest BCUT2D eigenvalue weighted by atomic mass is 35.5. The second-order valence-corrected chi connectivity index (χ2v) is 5.12. The van der Waals surface area contributed by atoms with E-state index in [9.17, 15) is 4.39 Å². The summed E-state index contributed by atoms with van der Waals surface area (Å²) >= 11 is 10.6. The van der Waals surface area contributed by atoms with Gasteiger partial charge in [0.1, 0.15) is 0 Å². The van der Waals surface area contributed by atoms with E-state index < -0.39 is 5.82 Å². The Morgan fingerprint density at radius 2 is 2.05 bits per heavy atom. The maximum atomic E-state index is 14.1. The molecule has 0 bridgehead atoms. The first-order chi connectivity index (χ1) is 9.58. The van der Waals surface area contributed by atoms with Crippen LogP contribution < -0.4 is 10.6 Å². The zero-order chi connectivity index (χ0) is 14.5. The summed E-state index contributed by atoms with van der Waals surface area (Å²) in [6, 6.07) is 10.6. The van der Waals surface area contributed by atoms with E-state index in [1.165, 1.54) is 12.3 Å². The fourth-order valence-electron chi connectivity index (χ4n) is 1.79. The number of benzene rings is 1. The molecule has 2 aromatic rings. The predicted octanol–water partition coefficient (Wildman–Crippen LogP) is 3.69. The van der Waals surface area contributed by atoms with E-state index in [2.05, 4.69) is 4.98 Å². The van der Waals surface area contributed by atoms with Crippen molar-refractivity contribution >= 4 is 40.3 Å². The van der Waals surface area contributed by atoms with Crippen molar-refractivity contribution in [1.29, 1.82) is 0 Å². The van der Waals surface area contributed by atoms with Gasteiger partial charge in [0, 0.05) is 24.8 Å². The molecule has 6 heteroatoms. The van der Waals surface area contributed by atoms with E-state index in [0.717, 1.165) is 5.69 Å². The quantitative estimate of drug-likeness (QED) is 0.855. The zero-order valence-corrected chi connectivity index (χ0v) is 12.2. The van der Waals surface area contributed by atoms with Crippen molar-refractivity contribution < 1.29 is 4.39 Å². The van der Waals surface area contributed by atoms with E-state index in [1.54, 1.807) is 4.90 Å². The fraction of sp³-hybridized carbons (Fsp3) is 0.143. The van der Waals surface area contributed by atoms with Gasteiger partial charge in [-0.2, -0.15) is 0 Å². The van der Waals surface area contributed by atoms with Crippen molar-refractivity contribution in [1.82, 2.24) is 4.98 Å². The monoisotopic (exact) mass is 309 g/mol. The van der Waals surface area contributed by atoms with Gasteiger partial charge in [-0.3, -0.25) is 0 Å². The lowest BCUT2D eigenvalue weighted by Gasteiger charge is -2.24. The molecular formula is C14H13ClFN3S. The average Bonchev–Trinajstić information content (AvgIpc) is 2.42. The lowest BCUT2D eigenvalue weighted by atomic mass is 10.2. The van der Waals surface area contributed by atoms with Crippen molar-refractivity contribution in [2.75, 3.05) is 11.4 Å². The molecule has 0 radical (unpaired) electrons. The highest BCUT2D eigenvalue weighted by Crippen LogP contribution is 2.27. The molecule has 1 heterocycles. The third kappa shape index (κ3) is 3.65. The standard InChI is InChI=1S/C14H13ClFN3S/c15-10-8-12(16)14(18-9-10)19(7-6-13(17)20)11-4-2-1-3-5-11/h1-5,8-9H,6-7H2,(H2,17,20). The van der Waals surface area contributed by atoms with Crippen LogP contribution >= 0.6 is 23.8 Å². The SMILES string of the molecule is NC(=S)CCN(c1ccccc1)c1ncc(Cl)cc1F. The van der Waals surface area contributed by atoms with Crippen LogP contribution in [0.5, 0.6) is 0 Å². The van der Waals surface area contributed by atoms with Gasteiger partial charge in [0.05, 0.1) is 10.0 Å². The Morgan fingerprint density at radius 1 is 1.35 bits per heavy atom. The third-order valence-corrected chi connectivity index (χ3v) is 3.10. The molecule has 0 saturated carbocycles. The number of thiocarbonyl (C=S) groups is 1. The fourth-order valence-corrected chi connectivity index (χ4v) is 2.03. The minimum Gasteiger partial charge on any atom is -0.393 e. The van der Waals surface area contributed by atoms with Gasteiger partial charge in [-0.05, 0) is 18.2 Å². The molecule has 3 nitrogen and oxygen atoms in total. The number of pyridine rings is 1. The number of anilines is 2. The summed E-state index contributed by atoms with van der Waals surface area (Å²) in [4.78, 5) is 6.17. The molecule has 1 aromatic carbocycles. The first-order valence-corrected chi connectivity index (χ1v) is 6.78. The lowest BCUT2D eigenvalue weighted by molar-refractivity contribution is 0.618. The minimum absolute atomic E-state index is 0.205. The highest BCUT2D eigenvalue weighted by molar-refractivity contribution is 7.80. The number of aromatic nitrogens is 1. The van der Waals surface area contributed by atoms with E-state index in [4.69, 9.17) is 29.6 Å². The van der Waals surface area contributed by atoms with Gasteiger partial charge in [-0.15, -0.1) is 0 Å². The van der Waals surface area contributed by atoms with Crippen molar-refractivity contribution in [3.05, 3.63) is 53.4 Å². The molecule has 0 fully saturated rings. The Bertz CT molecular complexity index is 607. The molecule has 104 valence electrons. The molecule has 2 N–H and O–H groups in total. The second kappa shape index (κ2) is 6.63. The maximum Gasteiger partial charge on any atom is 0.169 e. The molecule has 20 heavy (non-hydrogen) atoms. The molecule has 0 spiro atoms. The maximum absolute atomic E-state index is 14.1. The van der Waals surface area contributed by atoms with Crippen molar-refractivity contribution in [3.8, 4) is 0 Å². The first-order valence-electron chi connectivity index (χ1n) is 6.00. The van der Waals surface area contributed by atoms with Gasteiger partial charge < -0.3 is 10.6 Å². The number of halogens is 2. The molecule has 0 aliphatic heterocycles. The largest absolute Gasteiger partial charge is 0.393 e. The van der Waals surface area contributed by atoms with Crippen LogP contribution in [0.25, 0.3) is 0 Å². The topological polar surface area (TPSA) is 42.1 Å². The molecule has 0 amide bonds. The molecule has 0 unspecified atom stereocenters. The van der Waals surface area contributed by atoms with Gasteiger partial charge in [0.15, 0.2) is 11.6 Å².